The van der Waals surface area contributed by atoms with Crippen molar-refractivity contribution in [2.24, 2.45) is 0 Å². The molecule has 0 atom stereocenters. The number of benzene rings is 2. The van der Waals surface area contributed by atoms with Crippen LogP contribution in [-0.4, -0.2) is 23.0 Å². The van der Waals surface area contributed by atoms with E-state index in [9.17, 15) is 14.4 Å². The minimum absolute atomic E-state index is 0.00924. The van der Waals surface area contributed by atoms with Crippen molar-refractivity contribution in [3.8, 4) is 0 Å². The number of fused-ring (bicyclic) bond motifs is 1. The molecule has 4 N–H and O–H groups in total. The van der Waals surface area contributed by atoms with Gasteiger partial charge >= 0.3 is 12.0 Å². The molecule has 0 fully saturated rings. The standard InChI is InChI=1S/C20H21N3O4/c24-18-6-2-4-14-12-16(8-9-17(14)23-18)22-20(27)21-15-5-1-3-13(11-15)7-10-19(25)26/h1,3,5,8-9,11-12H,2,4,6-7,10H2,(H,23,24)(H,25,26)(H2,21,22,27). The molecule has 2 aromatic carbocycles. The van der Waals surface area contributed by atoms with Crippen molar-refractivity contribution in [3.63, 3.8) is 0 Å². The minimum atomic E-state index is -0.856. The molecule has 3 amide bonds. The van der Waals surface area contributed by atoms with Crippen molar-refractivity contribution in [2.45, 2.75) is 32.1 Å². The Morgan fingerprint density at radius 1 is 1.04 bits per heavy atom. The third kappa shape index (κ3) is 5.31. The van der Waals surface area contributed by atoms with Gasteiger partial charge in [0.15, 0.2) is 0 Å². The van der Waals surface area contributed by atoms with Crippen LogP contribution in [0.5, 0.6) is 0 Å². The molecule has 0 spiro atoms. The van der Waals surface area contributed by atoms with E-state index in [1.807, 2.05) is 12.1 Å². The van der Waals surface area contributed by atoms with Crippen LogP contribution in [0, 0.1) is 0 Å². The molecule has 0 unspecified atom stereocenters. The largest absolute Gasteiger partial charge is 0.481 e. The predicted octanol–water partition coefficient (Wildman–Crippen LogP) is 3.62. The molecule has 0 bridgehead atoms. The highest BCUT2D eigenvalue weighted by Gasteiger charge is 2.13. The first-order chi connectivity index (χ1) is 13.0. The zero-order chi connectivity index (χ0) is 19.2. The predicted molar refractivity (Wildman–Crippen MR) is 103 cm³/mol. The Morgan fingerprint density at radius 3 is 2.59 bits per heavy atom. The first-order valence-electron chi connectivity index (χ1n) is 8.81. The fraction of sp³-hybridized carbons (Fsp3) is 0.250. The van der Waals surface area contributed by atoms with E-state index in [4.69, 9.17) is 5.11 Å². The second-order valence-corrected chi connectivity index (χ2v) is 6.45. The van der Waals surface area contributed by atoms with Crippen molar-refractivity contribution >= 4 is 35.0 Å². The number of nitrogens with one attached hydrogen (secondary N) is 3. The van der Waals surface area contributed by atoms with Crippen LogP contribution in [0.1, 0.15) is 30.4 Å². The van der Waals surface area contributed by atoms with Crippen LogP contribution in [-0.2, 0) is 22.4 Å². The number of urea groups is 1. The molecule has 7 nitrogen and oxygen atoms in total. The van der Waals surface area contributed by atoms with Gasteiger partial charge in [-0.3, -0.25) is 9.59 Å². The molecule has 2 aromatic rings. The minimum Gasteiger partial charge on any atom is -0.481 e. The second kappa shape index (κ2) is 8.35. The van der Waals surface area contributed by atoms with Crippen molar-refractivity contribution in [2.75, 3.05) is 16.0 Å². The average molecular weight is 367 g/mol. The van der Waals surface area contributed by atoms with Crippen LogP contribution < -0.4 is 16.0 Å². The van der Waals surface area contributed by atoms with Crippen LogP contribution in [0.15, 0.2) is 42.5 Å². The molecule has 1 aliphatic heterocycles. The summed E-state index contributed by atoms with van der Waals surface area (Å²) in [4.78, 5) is 34.5. The van der Waals surface area contributed by atoms with E-state index in [0.29, 0.717) is 24.2 Å². The number of amides is 3. The summed E-state index contributed by atoms with van der Waals surface area (Å²) in [7, 11) is 0. The molecule has 0 aromatic heterocycles. The molecule has 1 heterocycles. The average Bonchev–Trinajstić information content (AvgIpc) is 2.80. The smallest absolute Gasteiger partial charge is 0.323 e. The fourth-order valence-electron chi connectivity index (χ4n) is 3.00. The third-order valence-corrected chi connectivity index (χ3v) is 4.30. The van der Waals surface area contributed by atoms with Gasteiger partial charge in [0.2, 0.25) is 5.91 Å². The summed E-state index contributed by atoms with van der Waals surface area (Å²) in [6.45, 7) is 0. The number of hydrogen-bond acceptors (Lipinski definition) is 3. The van der Waals surface area contributed by atoms with E-state index in [2.05, 4.69) is 16.0 Å². The SMILES string of the molecule is O=C(O)CCc1cccc(NC(=O)Nc2ccc3c(c2)CCCC(=O)N3)c1. The Hall–Kier alpha value is -3.35. The molecule has 27 heavy (non-hydrogen) atoms. The van der Waals surface area contributed by atoms with Crippen LogP contribution in [0.4, 0.5) is 21.9 Å². The second-order valence-electron chi connectivity index (χ2n) is 6.45. The number of carboxylic acids is 1. The van der Waals surface area contributed by atoms with Gasteiger partial charge in [-0.25, -0.2) is 4.79 Å². The maximum Gasteiger partial charge on any atom is 0.323 e. The summed E-state index contributed by atoms with van der Waals surface area (Å²) in [6.07, 6.45) is 2.49. The molecule has 1 aliphatic rings. The summed E-state index contributed by atoms with van der Waals surface area (Å²) in [5, 5.41) is 17.2. The molecule has 7 heteroatoms. The highest BCUT2D eigenvalue weighted by molar-refractivity contribution is 6.00. The van der Waals surface area contributed by atoms with E-state index < -0.39 is 5.97 Å². The molecule has 3 rings (SSSR count). The van der Waals surface area contributed by atoms with Gasteiger partial charge in [-0.2, -0.15) is 0 Å². The number of hydrogen-bond donors (Lipinski definition) is 4. The molecular weight excluding hydrogens is 346 g/mol. The fourth-order valence-corrected chi connectivity index (χ4v) is 3.00. The van der Waals surface area contributed by atoms with Crippen molar-refractivity contribution in [3.05, 3.63) is 53.6 Å². The third-order valence-electron chi connectivity index (χ3n) is 4.30. The summed E-state index contributed by atoms with van der Waals surface area (Å²) in [6, 6.07) is 12.1. The summed E-state index contributed by atoms with van der Waals surface area (Å²) in [5.41, 5.74) is 3.86. The maximum absolute atomic E-state index is 12.3. The van der Waals surface area contributed by atoms with Gasteiger partial charge in [0.25, 0.3) is 0 Å². The molecule has 0 aliphatic carbocycles. The van der Waals surface area contributed by atoms with Crippen molar-refractivity contribution in [1.82, 2.24) is 0 Å². The molecule has 0 saturated heterocycles. The van der Waals surface area contributed by atoms with Crippen LogP contribution >= 0.6 is 0 Å². The lowest BCUT2D eigenvalue weighted by molar-refractivity contribution is -0.137. The summed E-state index contributed by atoms with van der Waals surface area (Å²) >= 11 is 0. The van der Waals surface area contributed by atoms with Crippen molar-refractivity contribution < 1.29 is 19.5 Å². The lowest BCUT2D eigenvalue weighted by Crippen LogP contribution is -2.19. The molecule has 140 valence electrons. The molecule has 0 saturated carbocycles. The first kappa shape index (κ1) is 18.4. The number of carbonyl (C=O) groups is 3. The monoisotopic (exact) mass is 367 g/mol. The Labute approximate surface area is 156 Å². The Kier molecular flexibility index (Phi) is 5.71. The summed E-state index contributed by atoms with van der Waals surface area (Å²) in [5.74, 6) is -0.847. The quantitative estimate of drug-likeness (QED) is 0.647. The number of anilines is 3. The normalized spacial score (nSPS) is 13.1. The summed E-state index contributed by atoms with van der Waals surface area (Å²) < 4.78 is 0. The Bertz CT molecular complexity index is 879. The lowest BCUT2D eigenvalue weighted by atomic mass is 10.1. The zero-order valence-electron chi connectivity index (χ0n) is 14.7. The van der Waals surface area contributed by atoms with Gasteiger partial charge in [-0.1, -0.05) is 12.1 Å². The zero-order valence-corrected chi connectivity index (χ0v) is 14.7. The number of rotatable bonds is 5. The van der Waals surface area contributed by atoms with Crippen LogP contribution in [0.25, 0.3) is 0 Å². The van der Waals surface area contributed by atoms with Crippen molar-refractivity contribution in [1.29, 1.82) is 0 Å². The Balaban J connectivity index is 1.63. The highest BCUT2D eigenvalue weighted by atomic mass is 16.4. The van der Waals surface area contributed by atoms with Gasteiger partial charge in [0.05, 0.1) is 0 Å². The van der Waals surface area contributed by atoms with Gasteiger partial charge in [0.1, 0.15) is 0 Å². The highest BCUT2D eigenvalue weighted by Crippen LogP contribution is 2.25. The van der Waals surface area contributed by atoms with Gasteiger partial charge in [-0.15, -0.1) is 0 Å². The maximum atomic E-state index is 12.3. The van der Waals surface area contributed by atoms with Crippen LogP contribution in [0.3, 0.4) is 0 Å². The van der Waals surface area contributed by atoms with E-state index >= 15 is 0 Å². The number of carboxylic acid groups (broad SMARTS) is 1. The topological polar surface area (TPSA) is 108 Å². The van der Waals surface area contributed by atoms with Crippen LogP contribution in [0.2, 0.25) is 0 Å². The van der Waals surface area contributed by atoms with E-state index in [1.54, 1.807) is 30.3 Å². The van der Waals surface area contributed by atoms with Gasteiger partial charge in [-0.05, 0) is 60.7 Å². The molecular formula is C20H21N3O4. The van der Waals surface area contributed by atoms with Gasteiger partial charge in [0, 0.05) is 29.9 Å². The lowest BCUT2D eigenvalue weighted by Gasteiger charge is -2.12. The number of aliphatic carboxylic acids is 1. The van der Waals surface area contributed by atoms with E-state index in [0.717, 1.165) is 29.7 Å². The molecule has 0 radical (unpaired) electrons. The number of aryl methyl sites for hydroxylation is 2. The van der Waals surface area contributed by atoms with E-state index in [-0.39, 0.29) is 18.4 Å². The Morgan fingerprint density at radius 2 is 1.81 bits per heavy atom. The number of carbonyl (C=O) groups excluding carboxylic acids is 2. The first-order valence-corrected chi connectivity index (χ1v) is 8.81. The van der Waals surface area contributed by atoms with Gasteiger partial charge < -0.3 is 21.1 Å². The van der Waals surface area contributed by atoms with E-state index in [1.165, 1.54) is 0 Å².